The molecule has 4 rings (SSSR count). The number of thiophene rings is 1. The third-order valence-electron chi connectivity index (χ3n) is 4.99. The topological polar surface area (TPSA) is 91.8 Å². The standard InChI is InChI=1S/C24H23N3O5S/c1-14-5-7-15(8-6-14)17-12-33-24-21(17)23(25-13-26-24)32-11-20(28)27-16-9-18(29-2)22(31-4)19(10-16)30-3/h5-10,12-13H,11H2,1-4H3,(H,27,28). The number of ether oxygens (including phenoxy) is 4. The van der Waals surface area contributed by atoms with Gasteiger partial charge in [-0.3, -0.25) is 4.79 Å². The minimum absolute atomic E-state index is 0.230. The first-order chi connectivity index (χ1) is 16.0. The number of aromatic nitrogens is 2. The third kappa shape index (κ3) is 4.68. The lowest BCUT2D eigenvalue weighted by Crippen LogP contribution is -2.20. The lowest BCUT2D eigenvalue weighted by Gasteiger charge is -2.14. The highest BCUT2D eigenvalue weighted by Crippen LogP contribution is 2.40. The van der Waals surface area contributed by atoms with E-state index in [-0.39, 0.29) is 12.5 Å². The molecule has 9 heteroatoms. The molecule has 170 valence electrons. The van der Waals surface area contributed by atoms with Crippen LogP contribution in [0, 0.1) is 6.92 Å². The van der Waals surface area contributed by atoms with Crippen LogP contribution in [0.3, 0.4) is 0 Å². The zero-order valence-electron chi connectivity index (χ0n) is 18.7. The van der Waals surface area contributed by atoms with Gasteiger partial charge in [0.2, 0.25) is 11.6 Å². The van der Waals surface area contributed by atoms with Crippen molar-refractivity contribution < 1.29 is 23.7 Å². The van der Waals surface area contributed by atoms with Crippen molar-refractivity contribution in [3.8, 4) is 34.3 Å². The van der Waals surface area contributed by atoms with Gasteiger partial charge in [-0.2, -0.15) is 0 Å². The van der Waals surface area contributed by atoms with Gasteiger partial charge < -0.3 is 24.3 Å². The first-order valence-electron chi connectivity index (χ1n) is 10.1. The summed E-state index contributed by atoms with van der Waals surface area (Å²) in [6.45, 7) is 1.81. The quantitative estimate of drug-likeness (QED) is 0.403. The van der Waals surface area contributed by atoms with Crippen LogP contribution in [0.15, 0.2) is 48.1 Å². The zero-order valence-corrected chi connectivity index (χ0v) is 19.5. The molecule has 2 heterocycles. The second kappa shape index (κ2) is 9.74. The Hall–Kier alpha value is -3.85. The van der Waals surface area contributed by atoms with Gasteiger partial charge in [-0.1, -0.05) is 29.8 Å². The van der Waals surface area contributed by atoms with Gasteiger partial charge in [0.25, 0.3) is 5.91 Å². The van der Waals surface area contributed by atoms with E-state index in [1.807, 2.05) is 36.6 Å². The van der Waals surface area contributed by atoms with Crippen molar-refractivity contribution >= 4 is 33.1 Å². The zero-order chi connectivity index (χ0) is 23.4. The summed E-state index contributed by atoms with van der Waals surface area (Å²) >= 11 is 1.50. The normalized spacial score (nSPS) is 10.7. The van der Waals surface area contributed by atoms with Crippen LogP contribution in [0.4, 0.5) is 5.69 Å². The fourth-order valence-corrected chi connectivity index (χ4v) is 4.29. The number of anilines is 1. The molecule has 0 aliphatic heterocycles. The maximum absolute atomic E-state index is 12.6. The minimum atomic E-state index is -0.358. The summed E-state index contributed by atoms with van der Waals surface area (Å²) in [5.41, 5.74) is 3.67. The predicted octanol–water partition coefficient (Wildman–Crippen LogP) is 4.71. The maximum Gasteiger partial charge on any atom is 0.262 e. The van der Waals surface area contributed by atoms with Gasteiger partial charge >= 0.3 is 0 Å². The predicted molar refractivity (Wildman–Crippen MR) is 128 cm³/mol. The Morgan fingerprint density at radius 3 is 2.33 bits per heavy atom. The molecule has 1 amide bonds. The molecule has 0 saturated heterocycles. The fraction of sp³-hybridized carbons (Fsp3) is 0.208. The first-order valence-corrected chi connectivity index (χ1v) is 10.9. The Balaban J connectivity index is 1.54. The Morgan fingerprint density at radius 1 is 1.00 bits per heavy atom. The number of hydrogen-bond acceptors (Lipinski definition) is 8. The molecule has 0 spiro atoms. The Labute approximate surface area is 195 Å². The van der Waals surface area contributed by atoms with E-state index in [0.29, 0.717) is 28.8 Å². The van der Waals surface area contributed by atoms with E-state index in [1.54, 1.807) is 12.1 Å². The van der Waals surface area contributed by atoms with Crippen LogP contribution >= 0.6 is 11.3 Å². The molecule has 4 aromatic rings. The van der Waals surface area contributed by atoms with Crippen LogP contribution < -0.4 is 24.3 Å². The number of rotatable bonds is 8. The van der Waals surface area contributed by atoms with Crippen molar-refractivity contribution in [1.82, 2.24) is 9.97 Å². The highest BCUT2D eigenvalue weighted by Gasteiger charge is 2.17. The molecule has 0 unspecified atom stereocenters. The number of benzene rings is 2. The summed E-state index contributed by atoms with van der Waals surface area (Å²) in [6, 6.07) is 11.5. The van der Waals surface area contributed by atoms with Crippen LogP contribution in [0.1, 0.15) is 5.56 Å². The molecule has 8 nitrogen and oxygen atoms in total. The summed E-state index contributed by atoms with van der Waals surface area (Å²) in [4.78, 5) is 22.0. The summed E-state index contributed by atoms with van der Waals surface area (Å²) in [5, 5.41) is 5.59. The van der Waals surface area contributed by atoms with Gasteiger partial charge in [-0.15, -0.1) is 11.3 Å². The molecule has 1 N–H and O–H groups in total. The Morgan fingerprint density at radius 2 is 1.70 bits per heavy atom. The molecular weight excluding hydrogens is 442 g/mol. The minimum Gasteiger partial charge on any atom is -0.493 e. The number of carbonyl (C=O) groups excluding carboxylic acids is 1. The van der Waals surface area contributed by atoms with Crippen molar-refractivity contribution in [2.45, 2.75) is 6.92 Å². The number of carbonyl (C=O) groups is 1. The van der Waals surface area contributed by atoms with E-state index in [1.165, 1.54) is 44.6 Å². The van der Waals surface area contributed by atoms with Crippen molar-refractivity contribution in [3.63, 3.8) is 0 Å². The lowest BCUT2D eigenvalue weighted by molar-refractivity contribution is -0.118. The van der Waals surface area contributed by atoms with Crippen LogP contribution in [-0.2, 0) is 4.79 Å². The summed E-state index contributed by atoms with van der Waals surface area (Å²) in [5.74, 6) is 1.32. The molecule has 0 atom stereocenters. The summed E-state index contributed by atoms with van der Waals surface area (Å²) < 4.78 is 21.8. The third-order valence-corrected chi connectivity index (χ3v) is 5.87. The molecule has 0 saturated carbocycles. The smallest absolute Gasteiger partial charge is 0.262 e. The van der Waals surface area contributed by atoms with Gasteiger partial charge in [0, 0.05) is 28.8 Å². The van der Waals surface area contributed by atoms with Crippen molar-refractivity contribution in [3.05, 3.63) is 53.7 Å². The van der Waals surface area contributed by atoms with Crippen LogP contribution in [0.5, 0.6) is 23.1 Å². The molecule has 0 fully saturated rings. The van der Waals surface area contributed by atoms with E-state index < -0.39 is 0 Å². The Bertz CT molecular complexity index is 1260. The monoisotopic (exact) mass is 465 g/mol. The molecule has 2 aromatic carbocycles. The first kappa shape index (κ1) is 22.3. The van der Waals surface area contributed by atoms with Crippen LogP contribution in [-0.4, -0.2) is 43.8 Å². The van der Waals surface area contributed by atoms with Crippen molar-refractivity contribution in [2.24, 2.45) is 0 Å². The van der Waals surface area contributed by atoms with Gasteiger partial charge in [-0.05, 0) is 12.5 Å². The molecule has 0 aliphatic carbocycles. The maximum atomic E-state index is 12.6. The number of nitrogens with zero attached hydrogens (tertiary/aromatic N) is 2. The number of methoxy groups -OCH3 is 3. The number of amides is 1. The number of nitrogens with one attached hydrogen (secondary N) is 1. The average Bonchev–Trinajstić information content (AvgIpc) is 3.27. The average molecular weight is 466 g/mol. The summed E-state index contributed by atoms with van der Waals surface area (Å²) in [6.07, 6.45) is 1.43. The van der Waals surface area contributed by atoms with E-state index in [2.05, 4.69) is 15.3 Å². The van der Waals surface area contributed by atoms with Crippen molar-refractivity contribution in [2.75, 3.05) is 33.3 Å². The van der Waals surface area contributed by atoms with E-state index in [0.717, 1.165) is 21.3 Å². The lowest BCUT2D eigenvalue weighted by atomic mass is 10.0. The molecule has 0 bridgehead atoms. The van der Waals surface area contributed by atoms with Gasteiger partial charge in [0.1, 0.15) is 11.2 Å². The number of fused-ring (bicyclic) bond motifs is 1. The van der Waals surface area contributed by atoms with E-state index >= 15 is 0 Å². The largest absolute Gasteiger partial charge is 0.493 e. The van der Waals surface area contributed by atoms with Crippen LogP contribution in [0.25, 0.3) is 21.3 Å². The highest BCUT2D eigenvalue weighted by molar-refractivity contribution is 7.17. The molecule has 2 aromatic heterocycles. The van der Waals surface area contributed by atoms with Gasteiger partial charge in [0.15, 0.2) is 18.1 Å². The molecule has 0 aliphatic rings. The van der Waals surface area contributed by atoms with Gasteiger partial charge in [0.05, 0.1) is 26.7 Å². The summed E-state index contributed by atoms with van der Waals surface area (Å²) in [7, 11) is 4.54. The molecule has 0 radical (unpaired) electrons. The Kier molecular flexibility index (Phi) is 6.60. The van der Waals surface area contributed by atoms with Crippen LogP contribution in [0.2, 0.25) is 0 Å². The SMILES string of the molecule is COc1cc(NC(=O)COc2ncnc3scc(-c4ccc(C)cc4)c23)cc(OC)c1OC. The highest BCUT2D eigenvalue weighted by atomic mass is 32.1. The number of hydrogen-bond donors (Lipinski definition) is 1. The number of aryl methyl sites for hydroxylation is 1. The molecule has 33 heavy (non-hydrogen) atoms. The van der Waals surface area contributed by atoms with Gasteiger partial charge in [-0.25, -0.2) is 9.97 Å². The second-order valence-electron chi connectivity index (χ2n) is 7.13. The van der Waals surface area contributed by atoms with Crippen molar-refractivity contribution in [1.29, 1.82) is 0 Å². The second-order valence-corrected chi connectivity index (χ2v) is 7.98. The van der Waals surface area contributed by atoms with E-state index in [4.69, 9.17) is 18.9 Å². The molecular formula is C24H23N3O5S. The van der Waals surface area contributed by atoms with E-state index in [9.17, 15) is 4.79 Å². The fourth-order valence-electron chi connectivity index (χ4n) is 3.39.